The van der Waals surface area contributed by atoms with Gasteiger partial charge in [-0.2, -0.15) is 0 Å². The van der Waals surface area contributed by atoms with Crippen LogP contribution in [0.1, 0.15) is 17.5 Å². The van der Waals surface area contributed by atoms with Gasteiger partial charge in [-0.1, -0.05) is 48.5 Å². The third-order valence-corrected chi connectivity index (χ3v) is 4.31. The van der Waals surface area contributed by atoms with Crippen molar-refractivity contribution in [3.63, 3.8) is 0 Å². The summed E-state index contributed by atoms with van der Waals surface area (Å²) < 4.78 is 11.0. The van der Waals surface area contributed by atoms with E-state index in [9.17, 15) is 0 Å². The van der Waals surface area contributed by atoms with Crippen LogP contribution in [0.25, 0.3) is 5.57 Å². The molecule has 0 atom stereocenters. The Bertz CT molecular complexity index is 694. The molecule has 0 aromatic heterocycles. The summed E-state index contributed by atoms with van der Waals surface area (Å²) in [7, 11) is 0. The fourth-order valence-corrected chi connectivity index (χ4v) is 3.13. The van der Waals surface area contributed by atoms with Crippen molar-refractivity contribution in [2.75, 3.05) is 19.9 Å². The van der Waals surface area contributed by atoms with E-state index in [2.05, 4.69) is 47.4 Å². The lowest BCUT2D eigenvalue weighted by atomic mass is 9.99. The summed E-state index contributed by atoms with van der Waals surface area (Å²) in [5.41, 5.74) is 4.01. The molecule has 0 fully saturated rings. The highest BCUT2D eigenvalue weighted by Gasteiger charge is 2.20. The van der Waals surface area contributed by atoms with Crippen LogP contribution in [0.4, 0.5) is 0 Å². The summed E-state index contributed by atoms with van der Waals surface area (Å²) in [5.74, 6) is 1.79. The second kappa shape index (κ2) is 5.85. The van der Waals surface area contributed by atoms with Gasteiger partial charge in [0.2, 0.25) is 6.79 Å². The molecule has 22 heavy (non-hydrogen) atoms. The summed E-state index contributed by atoms with van der Waals surface area (Å²) in [4.78, 5) is 2.45. The molecule has 0 amide bonds. The van der Waals surface area contributed by atoms with Crippen molar-refractivity contribution < 1.29 is 9.47 Å². The van der Waals surface area contributed by atoms with Gasteiger partial charge < -0.3 is 9.47 Å². The summed E-state index contributed by atoms with van der Waals surface area (Å²) in [6.45, 7) is 3.30. The Labute approximate surface area is 130 Å². The van der Waals surface area contributed by atoms with E-state index < -0.39 is 0 Å². The average Bonchev–Trinajstić information content (AvgIpc) is 3.06. The van der Waals surface area contributed by atoms with Gasteiger partial charge in [0.1, 0.15) is 0 Å². The van der Waals surface area contributed by atoms with Crippen molar-refractivity contribution in [1.29, 1.82) is 0 Å². The first kappa shape index (κ1) is 13.4. The van der Waals surface area contributed by atoms with Crippen molar-refractivity contribution in [1.82, 2.24) is 4.90 Å². The molecule has 0 unspecified atom stereocenters. The molecular weight excluding hydrogens is 274 g/mol. The van der Waals surface area contributed by atoms with Gasteiger partial charge in [0.05, 0.1) is 0 Å². The van der Waals surface area contributed by atoms with Crippen LogP contribution in [0, 0.1) is 0 Å². The van der Waals surface area contributed by atoms with E-state index in [1.54, 1.807) is 0 Å². The summed E-state index contributed by atoms with van der Waals surface area (Å²) in [5, 5.41) is 0. The Hall–Kier alpha value is -2.26. The molecule has 2 aliphatic heterocycles. The van der Waals surface area contributed by atoms with Crippen LogP contribution in [-0.2, 0) is 6.54 Å². The Morgan fingerprint density at radius 2 is 1.86 bits per heavy atom. The first-order valence-electron chi connectivity index (χ1n) is 7.74. The van der Waals surface area contributed by atoms with E-state index in [0.29, 0.717) is 6.79 Å². The van der Waals surface area contributed by atoms with Crippen LogP contribution in [0.15, 0.2) is 54.6 Å². The molecule has 2 aliphatic rings. The second-order valence-corrected chi connectivity index (χ2v) is 5.73. The lowest BCUT2D eigenvalue weighted by molar-refractivity contribution is 0.172. The number of fused-ring (bicyclic) bond motifs is 1. The third-order valence-electron chi connectivity index (χ3n) is 4.31. The topological polar surface area (TPSA) is 21.7 Å². The largest absolute Gasteiger partial charge is 0.454 e. The highest BCUT2D eigenvalue weighted by molar-refractivity contribution is 5.66. The fraction of sp³-hybridized carbons (Fsp3) is 0.263. The maximum absolute atomic E-state index is 5.60. The van der Waals surface area contributed by atoms with E-state index in [1.165, 1.54) is 16.7 Å². The van der Waals surface area contributed by atoms with Crippen molar-refractivity contribution >= 4 is 5.57 Å². The smallest absolute Gasteiger partial charge is 0.231 e. The average molecular weight is 293 g/mol. The molecule has 112 valence electrons. The zero-order chi connectivity index (χ0) is 14.8. The summed E-state index contributed by atoms with van der Waals surface area (Å²) >= 11 is 0. The molecule has 0 radical (unpaired) electrons. The van der Waals surface area contributed by atoms with E-state index in [0.717, 1.165) is 37.6 Å². The van der Waals surface area contributed by atoms with E-state index >= 15 is 0 Å². The van der Waals surface area contributed by atoms with Crippen LogP contribution < -0.4 is 9.47 Å². The summed E-state index contributed by atoms with van der Waals surface area (Å²) in [6.07, 6.45) is 3.44. The molecule has 0 N–H and O–H groups in total. The monoisotopic (exact) mass is 293 g/mol. The van der Waals surface area contributed by atoms with Gasteiger partial charge in [0.15, 0.2) is 11.5 Å². The van der Waals surface area contributed by atoms with Crippen molar-refractivity contribution in [3.8, 4) is 11.5 Å². The first-order valence-corrected chi connectivity index (χ1v) is 7.74. The van der Waals surface area contributed by atoms with Gasteiger partial charge in [-0.3, -0.25) is 4.90 Å². The van der Waals surface area contributed by atoms with E-state index in [4.69, 9.17) is 9.47 Å². The Kier molecular flexibility index (Phi) is 3.57. The van der Waals surface area contributed by atoms with Crippen molar-refractivity contribution in [3.05, 3.63) is 65.7 Å². The minimum Gasteiger partial charge on any atom is -0.454 e. The number of hydrogen-bond donors (Lipinski definition) is 0. The fourth-order valence-electron chi connectivity index (χ4n) is 3.13. The quantitative estimate of drug-likeness (QED) is 0.861. The molecule has 3 heteroatoms. The number of rotatable bonds is 3. The van der Waals surface area contributed by atoms with E-state index in [1.807, 2.05) is 12.1 Å². The SMILES string of the molecule is C1=C(c2ccccc2)CCN(Cc2cccc3c2OCO3)C1. The Morgan fingerprint density at radius 1 is 0.955 bits per heavy atom. The number of nitrogens with zero attached hydrogens (tertiary/aromatic N) is 1. The van der Waals surface area contributed by atoms with Gasteiger partial charge in [-0.15, -0.1) is 0 Å². The molecule has 0 spiro atoms. The number of benzene rings is 2. The molecule has 3 nitrogen and oxygen atoms in total. The van der Waals surface area contributed by atoms with Crippen LogP contribution in [-0.4, -0.2) is 24.8 Å². The lowest BCUT2D eigenvalue weighted by Crippen LogP contribution is -2.28. The lowest BCUT2D eigenvalue weighted by Gasteiger charge is -2.26. The predicted octanol–water partition coefficient (Wildman–Crippen LogP) is 3.70. The minimum atomic E-state index is 0.338. The van der Waals surface area contributed by atoms with Gasteiger partial charge in [-0.05, 0) is 23.6 Å². The van der Waals surface area contributed by atoms with Crippen molar-refractivity contribution in [2.45, 2.75) is 13.0 Å². The Balaban J connectivity index is 1.46. The highest BCUT2D eigenvalue weighted by atomic mass is 16.7. The predicted molar refractivity (Wildman–Crippen MR) is 86.9 cm³/mol. The van der Waals surface area contributed by atoms with Crippen molar-refractivity contribution in [2.24, 2.45) is 0 Å². The second-order valence-electron chi connectivity index (χ2n) is 5.73. The molecule has 0 aliphatic carbocycles. The first-order chi connectivity index (χ1) is 10.9. The van der Waals surface area contributed by atoms with Crippen LogP contribution in [0.2, 0.25) is 0 Å². The normalized spacial score (nSPS) is 17.4. The molecule has 2 heterocycles. The standard InChI is InChI=1S/C19H19NO2/c1-2-5-15(6-3-1)16-9-11-20(12-10-16)13-17-7-4-8-18-19(17)22-14-21-18/h1-9H,10-14H2. The molecule has 2 aromatic rings. The minimum absolute atomic E-state index is 0.338. The Morgan fingerprint density at radius 3 is 2.68 bits per heavy atom. The maximum Gasteiger partial charge on any atom is 0.231 e. The number of para-hydroxylation sites is 1. The van der Waals surface area contributed by atoms with Gasteiger partial charge in [-0.25, -0.2) is 0 Å². The molecular formula is C19H19NO2. The summed E-state index contributed by atoms with van der Waals surface area (Å²) in [6, 6.07) is 16.8. The molecule has 0 saturated heterocycles. The maximum atomic E-state index is 5.60. The number of ether oxygens (including phenoxy) is 2. The third kappa shape index (κ3) is 2.60. The highest BCUT2D eigenvalue weighted by Crippen LogP contribution is 2.36. The van der Waals surface area contributed by atoms with Gasteiger partial charge in [0, 0.05) is 25.2 Å². The van der Waals surface area contributed by atoms with Crippen LogP contribution in [0.5, 0.6) is 11.5 Å². The van der Waals surface area contributed by atoms with Crippen LogP contribution >= 0.6 is 0 Å². The van der Waals surface area contributed by atoms with Gasteiger partial charge in [0.25, 0.3) is 0 Å². The zero-order valence-corrected chi connectivity index (χ0v) is 12.5. The number of hydrogen-bond acceptors (Lipinski definition) is 3. The van der Waals surface area contributed by atoms with Gasteiger partial charge >= 0.3 is 0 Å². The molecule has 0 saturated carbocycles. The zero-order valence-electron chi connectivity index (χ0n) is 12.5. The van der Waals surface area contributed by atoms with Crippen LogP contribution in [0.3, 0.4) is 0 Å². The molecule has 0 bridgehead atoms. The molecule has 2 aromatic carbocycles. The molecule has 4 rings (SSSR count). The van der Waals surface area contributed by atoms with E-state index in [-0.39, 0.29) is 0 Å².